The van der Waals surface area contributed by atoms with Crippen molar-refractivity contribution in [3.63, 3.8) is 0 Å². The van der Waals surface area contributed by atoms with Gasteiger partial charge in [-0.25, -0.2) is 0 Å². The highest BCUT2D eigenvalue weighted by Crippen LogP contribution is 2.03. The van der Waals surface area contributed by atoms with Crippen LogP contribution in [0.1, 0.15) is 33.1 Å². The molecule has 2 atom stereocenters. The first-order chi connectivity index (χ1) is 4.18. The zero-order valence-corrected chi connectivity index (χ0v) is 6.58. The van der Waals surface area contributed by atoms with Crippen LogP contribution in [0.25, 0.3) is 0 Å². The van der Waals surface area contributed by atoms with Gasteiger partial charge in [0.25, 0.3) is 0 Å². The summed E-state index contributed by atoms with van der Waals surface area (Å²) in [7, 11) is 0. The Hall–Kier alpha value is -0.150. The molecule has 0 fully saturated rings. The van der Waals surface area contributed by atoms with Crippen LogP contribution in [0.3, 0.4) is 0 Å². The van der Waals surface area contributed by atoms with E-state index in [-0.39, 0.29) is 4.70 Å². The van der Waals surface area contributed by atoms with E-state index in [1.165, 1.54) is 0 Å². The van der Waals surface area contributed by atoms with Crippen LogP contribution in [0.15, 0.2) is 0 Å². The molecule has 0 aliphatic rings. The molecule has 0 saturated carbocycles. The number of rotatable bonds is 4. The first-order valence-electron chi connectivity index (χ1n) is 3.54. The molecular weight excluding hydrogens is 135 g/mol. The summed E-state index contributed by atoms with van der Waals surface area (Å²) in [6.45, 7) is 3.68. The molecule has 0 aromatic rings. The van der Waals surface area contributed by atoms with Gasteiger partial charge in [0.05, 0.1) is 12.2 Å². The fraction of sp³-hybridized carbons (Fsp3) is 1.00. The second-order valence-corrected chi connectivity index (χ2v) is 2.45. The standard InChI is InChI=1S/C7H16O2.FH/c1-3-4-5-7(9)6(2)8;/h6-9H,3-5H2,1-2H3;1H. The third-order valence-corrected chi connectivity index (χ3v) is 1.41. The minimum atomic E-state index is -0.573. The van der Waals surface area contributed by atoms with Gasteiger partial charge in [0.1, 0.15) is 0 Å². The normalized spacial score (nSPS) is 15.6. The highest BCUT2D eigenvalue weighted by atomic mass is 19.0. The molecule has 0 spiro atoms. The van der Waals surface area contributed by atoms with E-state index in [1.807, 2.05) is 0 Å². The summed E-state index contributed by atoms with van der Waals surface area (Å²) in [6.07, 6.45) is 1.69. The Labute approximate surface area is 61.2 Å². The Kier molecular flexibility index (Phi) is 8.72. The molecule has 2 unspecified atom stereocenters. The molecule has 0 heterocycles. The SMILES string of the molecule is CCCCC(O)C(C)O.F. The van der Waals surface area contributed by atoms with E-state index in [9.17, 15) is 0 Å². The zero-order valence-electron chi connectivity index (χ0n) is 6.58. The zero-order chi connectivity index (χ0) is 7.28. The minimum absolute atomic E-state index is 0. The van der Waals surface area contributed by atoms with Gasteiger partial charge in [0, 0.05) is 0 Å². The van der Waals surface area contributed by atoms with E-state index < -0.39 is 12.2 Å². The summed E-state index contributed by atoms with van der Waals surface area (Å²) in [5.41, 5.74) is 0. The molecule has 0 aliphatic heterocycles. The minimum Gasteiger partial charge on any atom is -0.391 e. The summed E-state index contributed by atoms with van der Waals surface area (Å²) >= 11 is 0. The summed E-state index contributed by atoms with van der Waals surface area (Å²) in [4.78, 5) is 0. The van der Waals surface area contributed by atoms with Crippen LogP contribution < -0.4 is 0 Å². The van der Waals surface area contributed by atoms with Crippen molar-refractivity contribution in [1.29, 1.82) is 0 Å². The van der Waals surface area contributed by atoms with Crippen LogP contribution in [0.2, 0.25) is 0 Å². The molecule has 2 N–H and O–H groups in total. The van der Waals surface area contributed by atoms with Gasteiger partial charge in [-0.3, -0.25) is 4.70 Å². The molecule has 64 valence electrons. The lowest BCUT2D eigenvalue weighted by Crippen LogP contribution is -2.21. The fourth-order valence-corrected chi connectivity index (χ4v) is 0.654. The van der Waals surface area contributed by atoms with Gasteiger partial charge in [-0.15, -0.1) is 0 Å². The summed E-state index contributed by atoms with van der Waals surface area (Å²) < 4.78 is 0. The number of unbranched alkanes of at least 4 members (excludes halogenated alkanes) is 1. The molecular formula is C7H17FO2. The van der Waals surface area contributed by atoms with E-state index >= 15 is 0 Å². The predicted octanol–water partition coefficient (Wildman–Crippen LogP) is 1.07. The van der Waals surface area contributed by atoms with Gasteiger partial charge >= 0.3 is 0 Å². The van der Waals surface area contributed by atoms with Gasteiger partial charge in [0.15, 0.2) is 0 Å². The van der Waals surface area contributed by atoms with Crippen molar-refractivity contribution in [2.24, 2.45) is 0 Å². The second-order valence-electron chi connectivity index (χ2n) is 2.45. The van der Waals surface area contributed by atoms with Crippen LogP contribution in [0.4, 0.5) is 4.70 Å². The van der Waals surface area contributed by atoms with E-state index in [1.54, 1.807) is 6.92 Å². The van der Waals surface area contributed by atoms with Crippen molar-refractivity contribution in [2.75, 3.05) is 0 Å². The second kappa shape index (κ2) is 6.96. The van der Waals surface area contributed by atoms with E-state index in [4.69, 9.17) is 10.2 Å². The molecule has 0 rings (SSSR count). The van der Waals surface area contributed by atoms with Crippen LogP contribution >= 0.6 is 0 Å². The van der Waals surface area contributed by atoms with Crippen molar-refractivity contribution < 1.29 is 14.9 Å². The van der Waals surface area contributed by atoms with Crippen LogP contribution in [-0.2, 0) is 0 Å². The highest BCUT2D eigenvalue weighted by molar-refractivity contribution is 4.60. The Morgan fingerprint density at radius 1 is 1.30 bits per heavy atom. The largest absolute Gasteiger partial charge is 0.391 e. The Balaban J connectivity index is 0. The maximum atomic E-state index is 9.01. The van der Waals surface area contributed by atoms with Gasteiger partial charge < -0.3 is 10.2 Å². The quantitative estimate of drug-likeness (QED) is 0.632. The van der Waals surface area contributed by atoms with E-state index in [0.29, 0.717) is 6.42 Å². The molecule has 0 bridgehead atoms. The predicted molar refractivity (Wildman–Crippen MR) is 39.7 cm³/mol. The molecule has 0 amide bonds. The molecule has 0 aliphatic carbocycles. The van der Waals surface area contributed by atoms with Crippen molar-refractivity contribution in [2.45, 2.75) is 45.3 Å². The summed E-state index contributed by atoms with van der Waals surface area (Å²) in [6, 6.07) is 0. The number of aliphatic hydroxyl groups excluding tert-OH is 2. The topological polar surface area (TPSA) is 40.5 Å². The number of hydrogen-bond acceptors (Lipinski definition) is 2. The van der Waals surface area contributed by atoms with Crippen molar-refractivity contribution in [3.05, 3.63) is 0 Å². The van der Waals surface area contributed by atoms with Crippen molar-refractivity contribution >= 4 is 0 Å². The Bertz CT molecular complexity index is 66.6. The van der Waals surface area contributed by atoms with Crippen molar-refractivity contribution in [3.8, 4) is 0 Å². The third kappa shape index (κ3) is 5.98. The van der Waals surface area contributed by atoms with Crippen molar-refractivity contribution in [1.82, 2.24) is 0 Å². The molecule has 2 nitrogen and oxygen atoms in total. The molecule has 0 saturated heterocycles. The number of aliphatic hydroxyl groups is 2. The summed E-state index contributed by atoms with van der Waals surface area (Å²) in [5.74, 6) is 0. The molecule has 0 aromatic carbocycles. The Morgan fingerprint density at radius 2 is 1.80 bits per heavy atom. The smallest absolute Gasteiger partial charge is 0.0796 e. The van der Waals surface area contributed by atoms with Gasteiger partial charge in [-0.2, -0.15) is 0 Å². The average molecular weight is 152 g/mol. The Morgan fingerprint density at radius 3 is 2.10 bits per heavy atom. The molecule has 0 aromatic heterocycles. The van der Waals surface area contributed by atoms with Crippen LogP contribution in [0, 0.1) is 0 Å². The molecule has 3 heteroatoms. The monoisotopic (exact) mass is 152 g/mol. The fourth-order valence-electron chi connectivity index (χ4n) is 0.654. The maximum Gasteiger partial charge on any atom is 0.0796 e. The summed E-state index contributed by atoms with van der Waals surface area (Å²) in [5, 5.41) is 17.8. The lowest BCUT2D eigenvalue weighted by molar-refractivity contribution is 0.0250. The van der Waals surface area contributed by atoms with Crippen LogP contribution in [0.5, 0.6) is 0 Å². The average Bonchev–Trinajstić information content (AvgIpc) is 1.82. The maximum absolute atomic E-state index is 9.01. The first-order valence-corrected chi connectivity index (χ1v) is 3.54. The van der Waals surface area contributed by atoms with Gasteiger partial charge in [-0.1, -0.05) is 19.8 Å². The number of hydrogen-bond donors (Lipinski definition) is 2. The highest BCUT2D eigenvalue weighted by Gasteiger charge is 2.08. The molecule has 0 radical (unpaired) electrons. The number of halogens is 1. The van der Waals surface area contributed by atoms with Gasteiger partial charge in [-0.05, 0) is 13.3 Å². The van der Waals surface area contributed by atoms with E-state index in [2.05, 4.69) is 6.92 Å². The third-order valence-electron chi connectivity index (χ3n) is 1.41. The van der Waals surface area contributed by atoms with Gasteiger partial charge in [0.2, 0.25) is 0 Å². The lowest BCUT2D eigenvalue weighted by Gasteiger charge is -2.11. The van der Waals surface area contributed by atoms with E-state index in [0.717, 1.165) is 12.8 Å². The first kappa shape index (κ1) is 12.5. The lowest BCUT2D eigenvalue weighted by atomic mass is 10.1. The van der Waals surface area contributed by atoms with Crippen LogP contribution in [-0.4, -0.2) is 22.4 Å². The molecule has 10 heavy (non-hydrogen) atoms.